The van der Waals surface area contributed by atoms with E-state index in [4.69, 9.17) is 0 Å². The second-order valence-corrected chi connectivity index (χ2v) is 4.68. The number of hydrogen-bond acceptors (Lipinski definition) is 0. The van der Waals surface area contributed by atoms with Crippen molar-refractivity contribution in [3.63, 3.8) is 0 Å². The summed E-state index contributed by atoms with van der Waals surface area (Å²) >= 11 is 0. The van der Waals surface area contributed by atoms with Crippen LogP contribution < -0.4 is 0 Å². The molecule has 0 aliphatic carbocycles. The zero-order valence-corrected chi connectivity index (χ0v) is 11.4. The minimum absolute atomic E-state index is 0.756. The fraction of sp³-hybridized carbons (Fsp3) is 0.750. The van der Waals surface area contributed by atoms with Gasteiger partial charge in [0.2, 0.25) is 0 Å². The van der Waals surface area contributed by atoms with Crippen LogP contribution in [0.5, 0.6) is 0 Å². The third-order valence-electron chi connectivity index (χ3n) is 3.08. The maximum absolute atomic E-state index is 3.95. The first kappa shape index (κ1) is 15.5. The average Bonchev–Trinajstić information content (AvgIpc) is 2.31. The van der Waals surface area contributed by atoms with E-state index in [9.17, 15) is 0 Å². The molecule has 0 aromatic heterocycles. The lowest BCUT2D eigenvalue weighted by Crippen LogP contribution is -1.96. The summed E-state index contributed by atoms with van der Waals surface area (Å²) in [6.45, 7) is 8.44. The predicted molar refractivity (Wildman–Crippen MR) is 75.7 cm³/mol. The number of rotatable bonds is 11. The summed E-state index contributed by atoms with van der Waals surface area (Å²) in [5.74, 6) is 0.756. The summed E-state index contributed by atoms with van der Waals surface area (Å²) in [6.07, 6.45) is 18.6. The van der Waals surface area contributed by atoms with E-state index < -0.39 is 0 Å². The molecule has 0 radical (unpaired) electrons. The maximum atomic E-state index is 3.95. The van der Waals surface area contributed by atoms with Crippen molar-refractivity contribution in [1.82, 2.24) is 0 Å². The van der Waals surface area contributed by atoms with Crippen LogP contribution in [-0.4, -0.2) is 0 Å². The quantitative estimate of drug-likeness (QED) is 0.302. The van der Waals surface area contributed by atoms with Crippen LogP contribution in [0.1, 0.15) is 71.6 Å². The Hall–Kier alpha value is -0.520. The first-order valence-corrected chi connectivity index (χ1v) is 7.12. The molecule has 0 heteroatoms. The molecule has 1 unspecified atom stereocenters. The van der Waals surface area contributed by atoms with Gasteiger partial charge in [-0.05, 0) is 38.0 Å². The summed E-state index contributed by atoms with van der Waals surface area (Å²) in [5.41, 5.74) is 0. The van der Waals surface area contributed by atoms with Crippen molar-refractivity contribution in [2.75, 3.05) is 0 Å². The Balaban J connectivity index is 3.43. The van der Waals surface area contributed by atoms with Crippen LogP contribution in [0.25, 0.3) is 0 Å². The Morgan fingerprint density at radius 3 is 2.19 bits per heavy atom. The fourth-order valence-electron chi connectivity index (χ4n) is 1.94. The lowest BCUT2D eigenvalue weighted by Gasteiger charge is -2.10. The largest absolute Gasteiger partial charge is 0.103 e. The number of allylic oxidation sites excluding steroid dienone is 3. The summed E-state index contributed by atoms with van der Waals surface area (Å²) in [4.78, 5) is 0. The molecule has 0 rings (SSSR count). The summed E-state index contributed by atoms with van der Waals surface area (Å²) in [7, 11) is 0. The molecule has 0 aliphatic rings. The van der Waals surface area contributed by atoms with Crippen LogP contribution in [0, 0.1) is 5.92 Å². The molecule has 0 aromatic rings. The normalized spacial score (nSPS) is 13.1. The Morgan fingerprint density at radius 1 is 0.875 bits per heavy atom. The van der Waals surface area contributed by atoms with Gasteiger partial charge in [-0.3, -0.25) is 0 Å². The molecule has 0 spiro atoms. The minimum atomic E-state index is 0.756. The van der Waals surface area contributed by atoms with E-state index in [2.05, 4.69) is 38.7 Å². The smallest absolute Gasteiger partial charge is 0.0236 e. The van der Waals surface area contributed by atoms with Gasteiger partial charge in [0.25, 0.3) is 0 Å². The van der Waals surface area contributed by atoms with Crippen LogP contribution in [-0.2, 0) is 0 Å². The lowest BCUT2D eigenvalue weighted by molar-refractivity contribution is 0.494. The third-order valence-corrected chi connectivity index (χ3v) is 3.08. The molecule has 0 bridgehead atoms. The molecule has 0 heterocycles. The molecule has 0 saturated heterocycles. The minimum Gasteiger partial charge on any atom is -0.103 e. The maximum Gasteiger partial charge on any atom is -0.0236 e. The topological polar surface area (TPSA) is 0 Å². The summed E-state index contributed by atoms with van der Waals surface area (Å²) in [6, 6.07) is 0. The highest BCUT2D eigenvalue weighted by atomic mass is 14.1. The molecule has 16 heavy (non-hydrogen) atoms. The van der Waals surface area contributed by atoms with E-state index in [0.29, 0.717) is 0 Å². The Bertz CT molecular complexity index is 167. The predicted octanol–water partition coefficient (Wildman–Crippen LogP) is 5.90. The SMILES string of the molecule is C=CC(CCCC=CCCC)CCCCC. The van der Waals surface area contributed by atoms with E-state index >= 15 is 0 Å². The molecular weight excluding hydrogens is 192 g/mol. The van der Waals surface area contributed by atoms with E-state index in [1.54, 1.807) is 0 Å². The molecule has 0 aromatic carbocycles. The Labute approximate surface area is 103 Å². The zero-order chi connectivity index (χ0) is 12.1. The Kier molecular flexibility index (Phi) is 12.1. The number of unbranched alkanes of at least 4 members (excludes halogenated alkanes) is 4. The van der Waals surface area contributed by atoms with Gasteiger partial charge >= 0.3 is 0 Å². The monoisotopic (exact) mass is 222 g/mol. The van der Waals surface area contributed by atoms with E-state index in [1.807, 2.05) is 0 Å². The molecule has 94 valence electrons. The molecule has 0 saturated carbocycles. The standard InChI is InChI=1S/C16H30/c1-4-7-9-10-11-13-15-16(6-3)14-12-8-5-2/h6,9-10,16H,3-5,7-8,11-15H2,1-2H3. The highest BCUT2D eigenvalue weighted by molar-refractivity contribution is 4.83. The van der Waals surface area contributed by atoms with Crippen LogP contribution in [0.2, 0.25) is 0 Å². The molecule has 0 fully saturated rings. The fourth-order valence-corrected chi connectivity index (χ4v) is 1.94. The van der Waals surface area contributed by atoms with Crippen LogP contribution in [0.15, 0.2) is 24.8 Å². The van der Waals surface area contributed by atoms with Gasteiger partial charge in [0.15, 0.2) is 0 Å². The molecule has 0 aliphatic heterocycles. The van der Waals surface area contributed by atoms with Crippen molar-refractivity contribution in [1.29, 1.82) is 0 Å². The second kappa shape index (κ2) is 12.5. The zero-order valence-electron chi connectivity index (χ0n) is 11.4. The van der Waals surface area contributed by atoms with Crippen molar-refractivity contribution in [2.24, 2.45) is 5.92 Å². The highest BCUT2D eigenvalue weighted by Crippen LogP contribution is 2.17. The van der Waals surface area contributed by atoms with Crippen LogP contribution in [0.4, 0.5) is 0 Å². The van der Waals surface area contributed by atoms with Gasteiger partial charge in [0, 0.05) is 0 Å². The summed E-state index contributed by atoms with van der Waals surface area (Å²) in [5, 5.41) is 0. The van der Waals surface area contributed by atoms with Crippen molar-refractivity contribution in [2.45, 2.75) is 71.6 Å². The van der Waals surface area contributed by atoms with Gasteiger partial charge in [-0.1, -0.05) is 57.8 Å². The first-order chi connectivity index (χ1) is 7.85. The van der Waals surface area contributed by atoms with Gasteiger partial charge in [-0.2, -0.15) is 0 Å². The van der Waals surface area contributed by atoms with Crippen molar-refractivity contribution in [3.8, 4) is 0 Å². The second-order valence-electron chi connectivity index (χ2n) is 4.68. The van der Waals surface area contributed by atoms with Gasteiger partial charge in [-0.25, -0.2) is 0 Å². The number of hydrogen-bond donors (Lipinski definition) is 0. The van der Waals surface area contributed by atoms with Gasteiger partial charge in [0.05, 0.1) is 0 Å². The Morgan fingerprint density at radius 2 is 1.56 bits per heavy atom. The molecule has 0 nitrogen and oxygen atoms in total. The summed E-state index contributed by atoms with van der Waals surface area (Å²) < 4.78 is 0. The highest BCUT2D eigenvalue weighted by Gasteiger charge is 2.02. The third kappa shape index (κ3) is 10.0. The van der Waals surface area contributed by atoms with Gasteiger partial charge in [-0.15, -0.1) is 6.58 Å². The molecular formula is C16H30. The first-order valence-electron chi connectivity index (χ1n) is 7.12. The molecule has 0 N–H and O–H groups in total. The average molecular weight is 222 g/mol. The van der Waals surface area contributed by atoms with Crippen molar-refractivity contribution >= 4 is 0 Å². The van der Waals surface area contributed by atoms with Crippen LogP contribution >= 0.6 is 0 Å². The van der Waals surface area contributed by atoms with Crippen molar-refractivity contribution in [3.05, 3.63) is 24.8 Å². The lowest BCUT2D eigenvalue weighted by atomic mass is 9.95. The van der Waals surface area contributed by atoms with Gasteiger partial charge in [0.1, 0.15) is 0 Å². The van der Waals surface area contributed by atoms with Crippen molar-refractivity contribution < 1.29 is 0 Å². The molecule has 0 amide bonds. The van der Waals surface area contributed by atoms with E-state index in [-0.39, 0.29) is 0 Å². The van der Waals surface area contributed by atoms with Gasteiger partial charge < -0.3 is 0 Å². The van der Waals surface area contributed by atoms with Crippen LogP contribution in [0.3, 0.4) is 0 Å². The van der Waals surface area contributed by atoms with E-state index in [1.165, 1.54) is 57.8 Å². The molecule has 1 atom stereocenters. The van der Waals surface area contributed by atoms with E-state index in [0.717, 1.165) is 5.92 Å².